The first-order valence-electron chi connectivity index (χ1n) is 5.93. The van der Waals surface area contributed by atoms with Crippen molar-refractivity contribution in [3.05, 3.63) is 18.1 Å². The lowest BCUT2D eigenvalue weighted by molar-refractivity contribution is 0.124. The number of ether oxygens (including phenoxy) is 2. The molecular formula is C12H21N3O2. The minimum Gasteiger partial charge on any atom is -0.480 e. The number of aromatic nitrogens is 2. The first-order chi connectivity index (χ1) is 8.33. The monoisotopic (exact) mass is 239 g/mol. The van der Waals surface area contributed by atoms with Crippen molar-refractivity contribution in [2.45, 2.75) is 25.8 Å². The largest absolute Gasteiger partial charge is 0.480 e. The molecule has 0 saturated heterocycles. The van der Waals surface area contributed by atoms with Crippen molar-refractivity contribution in [3.8, 4) is 5.88 Å². The Balaban J connectivity index is 2.59. The first kappa shape index (κ1) is 13.9. The Morgan fingerprint density at radius 2 is 2.06 bits per heavy atom. The zero-order valence-electron chi connectivity index (χ0n) is 10.8. The van der Waals surface area contributed by atoms with Crippen molar-refractivity contribution in [1.29, 1.82) is 0 Å². The summed E-state index contributed by atoms with van der Waals surface area (Å²) in [4.78, 5) is 8.46. The Morgan fingerprint density at radius 1 is 1.29 bits per heavy atom. The smallest absolute Gasteiger partial charge is 0.236 e. The highest BCUT2D eigenvalue weighted by molar-refractivity contribution is 5.20. The summed E-state index contributed by atoms with van der Waals surface area (Å²) in [6.45, 7) is 3.61. The van der Waals surface area contributed by atoms with Gasteiger partial charge < -0.3 is 14.8 Å². The van der Waals surface area contributed by atoms with Crippen molar-refractivity contribution in [1.82, 2.24) is 15.3 Å². The summed E-state index contributed by atoms with van der Waals surface area (Å²) in [7, 11) is 3.51. The predicted octanol–water partition coefficient (Wildman–Crippen LogP) is 1.56. The molecule has 1 aromatic rings. The third-order valence-corrected chi connectivity index (χ3v) is 2.46. The maximum Gasteiger partial charge on any atom is 0.236 e. The number of methoxy groups -OCH3 is 1. The zero-order valence-corrected chi connectivity index (χ0v) is 10.8. The van der Waals surface area contributed by atoms with Gasteiger partial charge >= 0.3 is 0 Å². The van der Waals surface area contributed by atoms with Crippen LogP contribution in [-0.2, 0) is 4.74 Å². The van der Waals surface area contributed by atoms with E-state index in [9.17, 15) is 0 Å². The van der Waals surface area contributed by atoms with Crippen LogP contribution < -0.4 is 10.1 Å². The van der Waals surface area contributed by atoms with Crippen LogP contribution in [0.25, 0.3) is 0 Å². The van der Waals surface area contributed by atoms with E-state index in [1.54, 1.807) is 19.5 Å². The summed E-state index contributed by atoms with van der Waals surface area (Å²) in [6.07, 6.45) is 5.20. The van der Waals surface area contributed by atoms with Crippen molar-refractivity contribution in [2.75, 3.05) is 27.4 Å². The van der Waals surface area contributed by atoms with Gasteiger partial charge in [-0.2, -0.15) is 0 Å². The Morgan fingerprint density at radius 3 is 2.71 bits per heavy atom. The zero-order chi connectivity index (χ0) is 12.5. The molecular weight excluding hydrogens is 218 g/mol. The second-order valence-corrected chi connectivity index (χ2v) is 3.69. The lowest BCUT2D eigenvalue weighted by Crippen LogP contribution is -2.20. The molecule has 5 nitrogen and oxygen atoms in total. The highest BCUT2D eigenvalue weighted by atomic mass is 16.5. The first-order valence-corrected chi connectivity index (χ1v) is 5.93. The average molecular weight is 239 g/mol. The molecule has 1 unspecified atom stereocenters. The van der Waals surface area contributed by atoms with Crippen LogP contribution in [0.3, 0.4) is 0 Å². The number of rotatable bonds is 8. The molecule has 17 heavy (non-hydrogen) atoms. The van der Waals surface area contributed by atoms with E-state index in [0.29, 0.717) is 12.5 Å². The summed E-state index contributed by atoms with van der Waals surface area (Å²) in [5.41, 5.74) is 0.831. The molecule has 0 aliphatic rings. The van der Waals surface area contributed by atoms with E-state index in [1.165, 1.54) is 0 Å². The molecule has 1 atom stereocenters. The summed E-state index contributed by atoms with van der Waals surface area (Å²) in [6, 6.07) is 0.107. The number of hydrogen-bond acceptors (Lipinski definition) is 5. The van der Waals surface area contributed by atoms with E-state index in [2.05, 4.69) is 22.2 Å². The van der Waals surface area contributed by atoms with E-state index >= 15 is 0 Å². The molecule has 0 saturated carbocycles. The van der Waals surface area contributed by atoms with Gasteiger partial charge in [-0.15, -0.1) is 0 Å². The maximum absolute atomic E-state index is 5.48. The van der Waals surface area contributed by atoms with Crippen molar-refractivity contribution in [3.63, 3.8) is 0 Å². The van der Waals surface area contributed by atoms with Gasteiger partial charge in [-0.1, -0.05) is 6.92 Å². The van der Waals surface area contributed by atoms with E-state index in [0.717, 1.165) is 25.1 Å². The molecule has 0 aliphatic heterocycles. The number of hydrogen-bond donors (Lipinski definition) is 1. The van der Waals surface area contributed by atoms with Gasteiger partial charge in [0.05, 0.1) is 13.2 Å². The van der Waals surface area contributed by atoms with Crippen LogP contribution in [0, 0.1) is 0 Å². The lowest BCUT2D eigenvalue weighted by Gasteiger charge is -2.17. The maximum atomic E-state index is 5.48. The Bertz CT molecular complexity index is 320. The molecule has 96 valence electrons. The van der Waals surface area contributed by atoms with E-state index < -0.39 is 0 Å². The fourth-order valence-electron chi connectivity index (χ4n) is 1.60. The molecule has 0 aromatic carbocycles. The predicted molar refractivity (Wildman–Crippen MR) is 66.1 cm³/mol. The van der Waals surface area contributed by atoms with Crippen LogP contribution in [0.4, 0.5) is 0 Å². The molecule has 1 N–H and O–H groups in total. The Hall–Kier alpha value is -1.20. The topological polar surface area (TPSA) is 56.3 Å². The van der Waals surface area contributed by atoms with Gasteiger partial charge in [0, 0.05) is 25.6 Å². The SMILES string of the molecule is CCCOCCC(NC)c1nccnc1OC. The fourth-order valence-corrected chi connectivity index (χ4v) is 1.60. The van der Waals surface area contributed by atoms with Gasteiger partial charge in [-0.3, -0.25) is 4.98 Å². The highest BCUT2D eigenvalue weighted by Crippen LogP contribution is 2.21. The van der Waals surface area contributed by atoms with Gasteiger partial charge in [0.15, 0.2) is 0 Å². The van der Waals surface area contributed by atoms with Crippen LogP contribution in [0.1, 0.15) is 31.5 Å². The number of nitrogens with zero attached hydrogens (tertiary/aromatic N) is 2. The molecule has 0 spiro atoms. The Kier molecular flexibility index (Phi) is 6.50. The summed E-state index contributed by atoms with van der Waals surface area (Å²) >= 11 is 0. The van der Waals surface area contributed by atoms with Crippen LogP contribution in [0.5, 0.6) is 5.88 Å². The van der Waals surface area contributed by atoms with E-state index in [4.69, 9.17) is 9.47 Å². The third-order valence-electron chi connectivity index (χ3n) is 2.46. The van der Waals surface area contributed by atoms with Crippen molar-refractivity contribution in [2.24, 2.45) is 0 Å². The van der Waals surface area contributed by atoms with Gasteiger partial charge in [0.25, 0.3) is 0 Å². The van der Waals surface area contributed by atoms with E-state index in [1.807, 2.05) is 7.05 Å². The normalized spacial score (nSPS) is 12.4. The fraction of sp³-hybridized carbons (Fsp3) is 0.667. The summed E-state index contributed by atoms with van der Waals surface area (Å²) in [5.74, 6) is 0.572. The standard InChI is InChI=1S/C12H21N3O2/c1-4-8-17-9-5-10(13-2)11-12(16-3)15-7-6-14-11/h6-7,10,13H,4-5,8-9H2,1-3H3. The van der Waals surface area contributed by atoms with Crippen molar-refractivity contribution >= 4 is 0 Å². The third kappa shape index (κ3) is 4.28. The second kappa shape index (κ2) is 7.97. The number of nitrogens with one attached hydrogen (secondary N) is 1. The summed E-state index contributed by atoms with van der Waals surface area (Å²) < 4.78 is 10.7. The molecule has 1 aromatic heterocycles. The van der Waals surface area contributed by atoms with Crippen molar-refractivity contribution < 1.29 is 9.47 Å². The molecule has 1 heterocycles. The molecule has 1 rings (SSSR count). The van der Waals surface area contributed by atoms with Crippen LogP contribution in [0.2, 0.25) is 0 Å². The second-order valence-electron chi connectivity index (χ2n) is 3.69. The molecule has 0 aliphatic carbocycles. The molecule has 0 fully saturated rings. The highest BCUT2D eigenvalue weighted by Gasteiger charge is 2.16. The van der Waals surface area contributed by atoms with Crippen LogP contribution in [-0.4, -0.2) is 37.3 Å². The molecule has 5 heteroatoms. The molecule has 0 bridgehead atoms. The van der Waals surface area contributed by atoms with Crippen LogP contribution >= 0.6 is 0 Å². The van der Waals surface area contributed by atoms with Crippen LogP contribution in [0.15, 0.2) is 12.4 Å². The molecule has 0 amide bonds. The van der Waals surface area contributed by atoms with Gasteiger partial charge in [0.2, 0.25) is 5.88 Å². The van der Waals surface area contributed by atoms with Gasteiger partial charge in [-0.05, 0) is 19.9 Å². The van der Waals surface area contributed by atoms with E-state index in [-0.39, 0.29) is 6.04 Å². The Labute approximate surface area is 103 Å². The molecule has 0 radical (unpaired) electrons. The lowest BCUT2D eigenvalue weighted by atomic mass is 10.1. The quantitative estimate of drug-likeness (QED) is 0.698. The minimum absolute atomic E-state index is 0.107. The van der Waals surface area contributed by atoms with Gasteiger partial charge in [0.1, 0.15) is 5.69 Å². The average Bonchev–Trinajstić information content (AvgIpc) is 2.39. The van der Waals surface area contributed by atoms with Gasteiger partial charge in [-0.25, -0.2) is 4.98 Å². The summed E-state index contributed by atoms with van der Waals surface area (Å²) in [5, 5.41) is 3.21. The minimum atomic E-state index is 0.107.